The summed E-state index contributed by atoms with van der Waals surface area (Å²) in [6, 6.07) is 14.5. The van der Waals surface area contributed by atoms with Crippen LogP contribution in [0.25, 0.3) is 42.3 Å². The fourth-order valence-corrected chi connectivity index (χ4v) is 4.19. The van der Waals surface area contributed by atoms with Crippen LogP contribution < -0.4 is 0 Å². The second-order valence-electron chi connectivity index (χ2n) is 5.39. The number of benzene rings is 1. The number of thiophene rings is 1. The highest BCUT2D eigenvalue weighted by atomic mass is 32.1. The maximum atomic E-state index is 4.65. The van der Waals surface area contributed by atoms with Crippen LogP contribution in [0.5, 0.6) is 0 Å². The third kappa shape index (κ3) is 1.85. The molecule has 23 heavy (non-hydrogen) atoms. The lowest BCUT2D eigenvalue weighted by Crippen LogP contribution is -1.89. The zero-order valence-corrected chi connectivity index (χ0v) is 12.9. The molecule has 0 atom stereocenters. The lowest BCUT2D eigenvalue weighted by Gasteiger charge is -2.05. The number of rotatable bonds is 1. The first-order valence-electron chi connectivity index (χ1n) is 7.37. The van der Waals surface area contributed by atoms with E-state index in [2.05, 4.69) is 39.2 Å². The molecule has 3 nitrogen and oxygen atoms in total. The molecule has 0 amide bonds. The molecule has 1 aromatic carbocycles. The van der Waals surface area contributed by atoms with Gasteiger partial charge in [-0.2, -0.15) is 0 Å². The number of hydrogen-bond acceptors (Lipinski definition) is 4. The minimum atomic E-state index is 0.938. The topological polar surface area (TPSA) is 38.7 Å². The molecular formula is C19H11N3S. The van der Waals surface area contributed by atoms with Crippen LogP contribution in [0.15, 0.2) is 67.3 Å². The molecule has 0 aliphatic carbocycles. The van der Waals surface area contributed by atoms with Crippen LogP contribution in [0.3, 0.4) is 0 Å². The average Bonchev–Trinajstić information content (AvgIpc) is 3.00. The summed E-state index contributed by atoms with van der Waals surface area (Å²) in [6.45, 7) is 0. The van der Waals surface area contributed by atoms with E-state index in [1.54, 1.807) is 11.3 Å². The number of hydrogen-bond donors (Lipinski definition) is 0. The molecule has 4 heterocycles. The van der Waals surface area contributed by atoms with Gasteiger partial charge in [-0.1, -0.05) is 24.3 Å². The predicted octanol–water partition coefficient (Wildman–Crippen LogP) is 5.06. The Morgan fingerprint density at radius 3 is 2.52 bits per heavy atom. The van der Waals surface area contributed by atoms with Gasteiger partial charge >= 0.3 is 0 Å². The van der Waals surface area contributed by atoms with Crippen molar-refractivity contribution in [1.82, 2.24) is 15.0 Å². The maximum absolute atomic E-state index is 4.65. The first kappa shape index (κ1) is 12.7. The Hall–Kier alpha value is -2.85. The van der Waals surface area contributed by atoms with E-state index in [0.29, 0.717) is 0 Å². The molecule has 0 bridgehead atoms. The van der Waals surface area contributed by atoms with Crippen molar-refractivity contribution in [3.63, 3.8) is 0 Å². The van der Waals surface area contributed by atoms with Gasteiger partial charge in [0.25, 0.3) is 0 Å². The molecular weight excluding hydrogens is 302 g/mol. The standard InChI is InChI=1S/C19H11N3S/c1-2-4-13-12(3-1)5-9-21-17(13)18-19-15(7-10-22-18)14-6-8-20-11-16(14)23-19/h1-11H. The van der Waals surface area contributed by atoms with Crippen LogP contribution in [0.1, 0.15) is 0 Å². The summed E-state index contributed by atoms with van der Waals surface area (Å²) >= 11 is 1.73. The second-order valence-corrected chi connectivity index (χ2v) is 6.44. The van der Waals surface area contributed by atoms with Gasteiger partial charge in [0.15, 0.2) is 0 Å². The Bertz CT molecular complexity index is 1170. The summed E-state index contributed by atoms with van der Waals surface area (Å²) in [5.41, 5.74) is 1.88. The third-order valence-corrected chi connectivity index (χ3v) is 5.25. The summed E-state index contributed by atoms with van der Waals surface area (Å²) in [5, 5.41) is 4.75. The molecule has 0 aliphatic heterocycles. The van der Waals surface area contributed by atoms with Crippen LogP contribution in [-0.4, -0.2) is 15.0 Å². The molecule has 5 rings (SSSR count). The monoisotopic (exact) mass is 313 g/mol. The first-order chi connectivity index (χ1) is 11.4. The summed E-state index contributed by atoms with van der Waals surface area (Å²) in [5.74, 6) is 0. The van der Waals surface area contributed by atoms with Crippen molar-refractivity contribution in [2.75, 3.05) is 0 Å². The lowest BCUT2D eigenvalue weighted by atomic mass is 10.1. The first-order valence-corrected chi connectivity index (χ1v) is 8.19. The molecule has 0 fully saturated rings. The van der Waals surface area contributed by atoms with Crippen molar-refractivity contribution >= 4 is 42.3 Å². The van der Waals surface area contributed by atoms with Gasteiger partial charge in [-0.25, -0.2) is 0 Å². The van der Waals surface area contributed by atoms with E-state index in [-0.39, 0.29) is 0 Å². The molecule has 108 valence electrons. The zero-order valence-electron chi connectivity index (χ0n) is 12.1. The van der Waals surface area contributed by atoms with Crippen LogP contribution in [0.2, 0.25) is 0 Å². The van der Waals surface area contributed by atoms with Gasteiger partial charge in [0.1, 0.15) is 5.69 Å². The fourth-order valence-electron chi connectivity index (χ4n) is 3.03. The van der Waals surface area contributed by atoms with Gasteiger partial charge in [-0.15, -0.1) is 11.3 Å². The Labute approximate surface area is 136 Å². The van der Waals surface area contributed by atoms with E-state index >= 15 is 0 Å². The van der Waals surface area contributed by atoms with Gasteiger partial charge in [-0.3, -0.25) is 15.0 Å². The molecule has 0 saturated heterocycles. The van der Waals surface area contributed by atoms with Gasteiger partial charge < -0.3 is 0 Å². The number of fused-ring (bicyclic) bond motifs is 4. The highest BCUT2D eigenvalue weighted by molar-refractivity contribution is 7.26. The highest BCUT2D eigenvalue weighted by Gasteiger charge is 2.14. The molecule has 4 heteroatoms. The summed E-state index contributed by atoms with van der Waals surface area (Å²) < 4.78 is 2.34. The average molecular weight is 313 g/mol. The molecule has 5 aromatic rings. The normalized spacial score (nSPS) is 11.5. The third-order valence-electron chi connectivity index (χ3n) is 4.09. The van der Waals surface area contributed by atoms with Crippen molar-refractivity contribution in [3.05, 3.63) is 67.3 Å². The predicted molar refractivity (Wildman–Crippen MR) is 95.7 cm³/mol. The molecule has 4 aromatic heterocycles. The van der Waals surface area contributed by atoms with Crippen molar-refractivity contribution in [1.29, 1.82) is 0 Å². The molecule has 0 unspecified atom stereocenters. The Kier molecular flexibility index (Phi) is 2.66. The van der Waals surface area contributed by atoms with Gasteiger partial charge in [0.05, 0.1) is 15.1 Å². The molecule has 0 radical (unpaired) electrons. The Morgan fingerprint density at radius 1 is 0.696 bits per heavy atom. The Morgan fingerprint density at radius 2 is 1.52 bits per heavy atom. The lowest BCUT2D eigenvalue weighted by molar-refractivity contribution is 1.29. The van der Waals surface area contributed by atoms with Crippen molar-refractivity contribution < 1.29 is 0 Å². The van der Waals surface area contributed by atoms with Crippen LogP contribution >= 0.6 is 11.3 Å². The molecule has 0 N–H and O–H groups in total. The quantitative estimate of drug-likeness (QED) is 0.434. The zero-order chi connectivity index (χ0) is 15.2. The van der Waals surface area contributed by atoms with Crippen molar-refractivity contribution in [2.24, 2.45) is 0 Å². The number of pyridine rings is 3. The fraction of sp³-hybridized carbons (Fsp3) is 0. The second kappa shape index (κ2) is 4.83. The van der Waals surface area contributed by atoms with E-state index < -0.39 is 0 Å². The van der Waals surface area contributed by atoms with E-state index in [0.717, 1.165) is 16.8 Å². The van der Waals surface area contributed by atoms with Crippen LogP contribution in [0.4, 0.5) is 0 Å². The van der Waals surface area contributed by atoms with E-state index in [9.17, 15) is 0 Å². The van der Waals surface area contributed by atoms with Gasteiger partial charge in [0, 0.05) is 40.9 Å². The van der Waals surface area contributed by atoms with Crippen LogP contribution in [-0.2, 0) is 0 Å². The van der Waals surface area contributed by atoms with Crippen molar-refractivity contribution in [2.45, 2.75) is 0 Å². The summed E-state index contributed by atoms with van der Waals surface area (Å²) in [7, 11) is 0. The molecule has 0 aliphatic rings. The van der Waals surface area contributed by atoms with Crippen molar-refractivity contribution in [3.8, 4) is 11.4 Å². The van der Waals surface area contributed by atoms with E-state index in [1.807, 2.05) is 43.0 Å². The number of aromatic nitrogens is 3. The van der Waals surface area contributed by atoms with E-state index in [1.165, 1.54) is 25.6 Å². The highest BCUT2D eigenvalue weighted by Crippen LogP contribution is 2.39. The molecule has 0 saturated carbocycles. The van der Waals surface area contributed by atoms with Crippen LogP contribution in [0, 0.1) is 0 Å². The summed E-state index contributed by atoms with van der Waals surface area (Å²) in [6.07, 6.45) is 7.48. The maximum Gasteiger partial charge on any atom is 0.107 e. The van der Waals surface area contributed by atoms with Gasteiger partial charge in [0.2, 0.25) is 0 Å². The van der Waals surface area contributed by atoms with E-state index in [4.69, 9.17) is 0 Å². The smallest absolute Gasteiger partial charge is 0.107 e. The number of nitrogens with zero attached hydrogens (tertiary/aromatic N) is 3. The molecule has 0 spiro atoms. The Balaban J connectivity index is 1.93. The van der Waals surface area contributed by atoms with Gasteiger partial charge in [-0.05, 0) is 23.6 Å². The SMILES string of the molecule is c1ccc2c(-c3nccc4c3sc3cnccc34)nccc2c1. The summed E-state index contributed by atoms with van der Waals surface area (Å²) in [4.78, 5) is 13.5. The minimum Gasteiger partial charge on any atom is -0.263 e. The largest absolute Gasteiger partial charge is 0.263 e. The minimum absolute atomic E-state index is 0.938.